The molecular weight excluding hydrogens is 239 g/mol. The van der Waals surface area contributed by atoms with Crippen LogP contribution in [0.2, 0.25) is 0 Å². The lowest BCUT2D eigenvalue weighted by molar-refractivity contribution is 0.319. The largest absolute Gasteiger partial charge is 0.341 e. The number of aromatic nitrogens is 1. The molecule has 0 saturated carbocycles. The molecule has 0 unspecified atom stereocenters. The van der Waals surface area contributed by atoms with Crippen molar-refractivity contribution in [1.82, 2.24) is 9.47 Å². The second-order valence-electron chi connectivity index (χ2n) is 5.79. The molecule has 0 bridgehead atoms. The summed E-state index contributed by atoms with van der Waals surface area (Å²) in [6.07, 6.45) is 2.60. The van der Waals surface area contributed by atoms with Gasteiger partial charge in [-0.05, 0) is 64.0 Å². The third kappa shape index (κ3) is 2.39. The van der Waals surface area contributed by atoms with E-state index in [1.807, 2.05) is 6.07 Å². The Kier molecular flexibility index (Phi) is 3.31. The van der Waals surface area contributed by atoms with Crippen LogP contribution in [0.25, 0.3) is 10.9 Å². The van der Waals surface area contributed by atoms with Gasteiger partial charge in [0.2, 0.25) is 0 Å². The van der Waals surface area contributed by atoms with E-state index in [1.165, 1.54) is 31.6 Å². The number of benzene rings is 1. The van der Waals surface area contributed by atoms with Gasteiger partial charge in [0.1, 0.15) is 5.82 Å². The number of hydrogen-bond acceptors (Lipinski definition) is 1. The Hall–Kier alpha value is -1.35. The number of nitrogens with zero attached hydrogens (tertiary/aromatic N) is 2. The Morgan fingerprint density at radius 1 is 1.16 bits per heavy atom. The van der Waals surface area contributed by atoms with E-state index in [0.717, 1.165) is 17.4 Å². The van der Waals surface area contributed by atoms with E-state index in [0.29, 0.717) is 6.04 Å². The lowest BCUT2D eigenvalue weighted by Crippen LogP contribution is -2.21. The van der Waals surface area contributed by atoms with Crippen molar-refractivity contribution in [2.75, 3.05) is 13.1 Å². The van der Waals surface area contributed by atoms with Gasteiger partial charge in [0.15, 0.2) is 0 Å². The number of rotatable bonds is 3. The van der Waals surface area contributed by atoms with Gasteiger partial charge in [0.05, 0.1) is 5.52 Å². The van der Waals surface area contributed by atoms with E-state index in [2.05, 4.69) is 29.4 Å². The standard InChI is InChI=1S/C16H21FN2/c1-12(2)19-15(11-18-7-3-4-8-18)9-13-5-6-14(17)10-16(13)19/h5-6,9-10,12H,3-4,7-8,11H2,1-2H3. The Balaban J connectivity index is 2.04. The molecule has 0 spiro atoms. The van der Waals surface area contributed by atoms with Crippen LogP contribution in [0.1, 0.15) is 38.4 Å². The van der Waals surface area contributed by atoms with Crippen molar-refractivity contribution in [2.45, 2.75) is 39.3 Å². The van der Waals surface area contributed by atoms with Crippen LogP contribution < -0.4 is 0 Å². The zero-order valence-electron chi connectivity index (χ0n) is 11.7. The highest BCUT2D eigenvalue weighted by Crippen LogP contribution is 2.26. The minimum Gasteiger partial charge on any atom is -0.341 e. The van der Waals surface area contributed by atoms with Gasteiger partial charge in [-0.1, -0.05) is 0 Å². The fraction of sp³-hybridized carbons (Fsp3) is 0.500. The van der Waals surface area contributed by atoms with E-state index in [9.17, 15) is 4.39 Å². The summed E-state index contributed by atoms with van der Waals surface area (Å²) in [4.78, 5) is 2.49. The molecule has 1 aliphatic rings. The normalized spacial score (nSPS) is 16.8. The molecule has 1 aromatic carbocycles. The molecule has 2 nitrogen and oxygen atoms in total. The fourth-order valence-corrected chi connectivity index (χ4v) is 3.15. The van der Waals surface area contributed by atoms with Crippen LogP contribution in [0.3, 0.4) is 0 Å². The summed E-state index contributed by atoms with van der Waals surface area (Å²) < 4.78 is 15.7. The molecule has 3 rings (SSSR count). The topological polar surface area (TPSA) is 8.17 Å². The summed E-state index contributed by atoms with van der Waals surface area (Å²) in [6.45, 7) is 7.69. The summed E-state index contributed by atoms with van der Waals surface area (Å²) in [7, 11) is 0. The molecule has 1 fully saturated rings. The first-order chi connectivity index (χ1) is 9.15. The number of halogens is 1. The highest BCUT2D eigenvalue weighted by Gasteiger charge is 2.17. The van der Waals surface area contributed by atoms with Gasteiger partial charge >= 0.3 is 0 Å². The molecule has 0 radical (unpaired) electrons. The van der Waals surface area contributed by atoms with E-state index in [1.54, 1.807) is 12.1 Å². The molecule has 1 aromatic heterocycles. The SMILES string of the molecule is CC(C)n1c(CN2CCCC2)cc2ccc(F)cc21. The van der Waals surface area contributed by atoms with Gasteiger partial charge in [0, 0.05) is 23.7 Å². The Morgan fingerprint density at radius 2 is 1.89 bits per heavy atom. The van der Waals surface area contributed by atoms with Crippen LogP contribution in [0.15, 0.2) is 24.3 Å². The average Bonchev–Trinajstić information content (AvgIpc) is 2.96. The van der Waals surface area contributed by atoms with Gasteiger partial charge in [-0.2, -0.15) is 0 Å². The van der Waals surface area contributed by atoms with Crippen molar-refractivity contribution < 1.29 is 4.39 Å². The van der Waals surface area contributed by atoms with Gasteiger partial charge in [-0.15, -0.1) is 0 Å². The first-order valence-electron chi connectivity index (χ1n) is 7.17. The number of likely N-dealkylation sites (tertiary alicyclic amines) is 1. The van der Waals surface area contributed by atoms with Crippen LogP contribution in [-0.4, -0.2) is 22.6 Å². The van der Waals surface area contributed by atoms with Gasteiger partial charge in [-0.3, -0.25) is 4.90 Å². The lowest BCUT2D eigenvalue weighted by Gasteiger charge is -2.19. The third-order valence-corrected chi connectivity index (χ3v) is 3.98. The summed E-state index contributed by atoms with van der Waals surface area (Å²) in [5, 5.41) is 1.14. The second-order valence-corrected chi connectivity index (χ2v) is 5.79. The third-order valence-electron chi connectivity index (χ3n) is 3.98. The monoisotopic (exact) mass is 260 g/mol. The van der Waals surface area contributed by atoms with Crippen molar-refractivity contribution in [3.8, 4) is 0 Å². The number of fused-ring (bicyclic) bond motifs is 1. The fourth-order valence-electron chi connectivity index (χ4n) is 3.15. The Bertz CT molecular complexity index is 580. The van der Waals surface area contributed by atoms with Crippen molar-refractivity contribution in [3.05, 3.63) is 35.8 Å². The maximum absolute atomic E-state index is 13.5. The van der Waals surface area contributed by atoms with E-state index < -0.39 is 0 Å². The number of hydrogen-bond donors (Lipinski definition) is 0. The summed E-state index contributed by atoms with van der Waals surface area (Å²) in [5.41, 5.74) is 2.32. The summed E-state index contributed by atoms with van der Waals surface area (Å²) >= 11 is 0. The molecule has 1 aliphatic heterocycles. The van der Waals surface area contributed by atoms with Crippen molar-refractivity contribution in [2.24, 2.45) is 0 Å². The highest BCUT2D eigenvalue weighted by molar-refractivity contribution is 5.81. The van der Waals surface area contributed by atoms with Gasteiger partial charge < -0.3 is 4.57 Å². The quantitative estimate of drug-likeness (QED) is 0.811. The molecule has 102 valence electrons. The molecule has 0 aliphatic carbocycles. The first kappa shape index (κ1) is 12.7. The maximum Gasteiger partial charge on any atom is 0.125 e. The molecule has 19 heavy (non-hydrogen) atoms. The van der Waals surface area contributed by atoms with E-state index in [-0.39, 0.29) is 5.82 Å². The molecule has 2 heterocycles. The molecule has 0 atom stereocenters. The second kappa shape index (κ2) is 4.97. The Morgan fingerprint density at radius 3 is 2.58 bits per heavy atom. The summed E-state index contributed by atoms with van der Waals surface area (Å²) in [5.74, 6) is -0.153. The smallest absolute Gasteiger partial charge is 0.125 e. The minimum atomic E-state index is -0.153. The van der Waals surface area contributed by atoms with Crippen LogP contribution in [0.4, 0.5) is 4.39 Å². The van der Waals surface area contributed by atoms with Crippen molar-refractivity contribution in [3.63, 3.8) is 0 Å². The van der Waals surface area contributed by atoms with Crippen LogP contribution in [-0.2, 0) is 6.54 Å². The zero-order chi connectivity index (χ0) is 13.4. The predicted octanol–water partition coefficient (Wildman–Crippen LogP) is 3.96. The summed E-state index contributed by atoms with van der Waals surface area (Å²) in [6, 6.07) is 7.66. The molecular formula is C16H21FN2. The highest BCUT2D eigenvalue weighted by atomic mass is 19.1. The Labute approximate surface area is 113 Å². The molecule has 3 heteroatoms. The molecule has 0 N–H and O–H groups in total. The van der Waals surface area contributed by atoms with Crippen molar-refractivity contribution >= 4 is 10.9 Å². The van der Waals surface area contributed by atoms with Crippen LogP contribution in [0, 0.1) is 5.82 Å². The van der Waals surface area contributed by atoms with Crippen molar-refractivity contribution in [1.29, 1.82) is 0 Å². The minimum absolute atomic E-state index is 0.153. The van der Waals surface area contributed by atoms with E-state index in [4.69, 9.17) is 0 Å². The first-order valence-corrected chi connectivity index (χ1v) is 7.17. The molecule has 1 saturated heterocycles. The zero-order valence-corrected chi connectivity index (χ0v) is 11.7. The van der Waals surface area contributed by atoms with Gasteiger partial charge in [0.25, 0.3) is 0 Å². The molecule has 0 amide bonds. The predicted molar refractivity (Wildman–Crippen MR) is 76.8 cm³/mol. The van der Waals surface area contributed by atoms with Crippen LogP contribution >= 0.6 is 0 Å². The molecule has 2 aromatic rings. The van der Waals surface area contributed by atoms with Crippen LogP contribution in [0.5, 0.6) is 0 Å². The lowest BCUT2D eigenvalue weighted by atomic mass is 10.2. The maximum atomic E-state index is 13.5. The van der Waals surface area contributed by atoms with Gasteiger partial charge in [-0.25, -0.2) is 4.39 Å². The van der Waals surface area contributed by atoms with E-state index >= 15 is 0 Å². The average molecular weight is 260 g/mol.